The maximum absolute atomic E-state index is 12.8. The van der Waals surface area contributed by atoms with E-state index in [2.05, 4.69) is 5.32 Å². The lowest BCUT2D eigenvalue weighted by Crippen LogP contribution is -2.43. The molecule has 1 saturated heterocycles. The number of hydrogen-bond acceptors (Lipinski definition) is 5. The van der Waals surface area contributed by atoms with Crippen LogP contribution in [0.25, 0.3) is 0 Å². The summed E-state index contributed by atoms with van der Waals surface area (Å²) < 4.78 is 37.7. The van der Waals surface area contributed by atoms with E-state index >= 15 is 0 Å². The molecule has 1 amide bonds. The smallest absolute Gasteiger partial charge is 0.231 e. The van der Waals surface area contributed by atoms with Crippen LogP contribution < -0.4 is 14.8 Å². The molecule has 0 radical (unpaired) electrons. The Morgan fingerprint density at radius 1 is 1.10 bits per heavy atom. The minimum absolute atomic E-state index is 0.000645. The zero-order valence-electron chi connectivity index (χ0n) is 17.0. The fourth-order valence-electron chi connectivity index (χ4n) is 3.84. The molecule has 4 rings (SSSR count). The summed E-state index contributed by atoms with van der Waals surface area (Å²) >= 11 is 0. The minimum atomic E-state index is -3.39. The molecule has 7 nitrogen and oxygen atoms in total. The third kappa shape index (κ3) is 4.60. The Kier molecular flexibility index (Phi) is 5.97. The molecule has 0 atom stereocenters. The summed E-state index contributed by atoms with van der Waals surface area (Å²) in [4.78, 5) is 12.6. The molecule has 2 heterocycles. The monoisotopic (exact) mass is 430 g/mol. The Morgan fingerprint density at radius 2 is 1.83 bits per heavy atom. The van der Waals surface area contributed by atoms with Gasteiger partial charge in [0, 0.05) is 25.6 Å². The van der Waals surface area contributed by atoms with Crippen molar-refractivity contribution in [3.8, 4) is 11.5 Å². The molecule has 8 heteroatoms. The number of nitrogens with zero attached hydrogens (tertiary/aromatic N) is 1. The van der Waals surface area contributed by atoms with Crippen molar-refractivity contribution in [2.24, 2.45) is 5.92 Å². The molecule has 0 spiro atoms. The van der Waals surface area contributed by atoms with Crippen LogP contribution in [0.4, 0.5) is 0 Å². The van der Waals surface area contributed by atoms with Gasteiger partial charge in [0.2, 0.25) is 22.7 Å². The highest BCUT2D eigenvalue weighted by molar-refractivity contribution is 7.88. The summed E-state index contributed by atoms with van der Waals surface area (Å²) in [6.07, 6.45) is 1.06. The molecule has 2 aromatic carbocycles. The van der Waals surface area contributed by atoms with Gasteiger partial charge in [-0.2, -0.15) is 0 Å². The number of ether oxygens (including phenoxy) is 2. The first-order chi connectivity index (χ1) is 14.4. The zero-order chi connectivity index (χ0) is 21.1. The molecule has 1 fully saturated rings. The van der Waals surface area contributed by atoms with Crippen LogP contribution in [0, 0.1) is 12.8 Å². The normalized spacial score (nSPS) is 17.1. The van der Waals surface area contributed by atoms with Crippen LogP contribution in [-0.2, 0) is 27.1 Å². The Hall–Kier alpha value is -2.58. The van der Waals surface area contributed by atoms with E-state index in [1.54, 1.807) is 0 Å². The predicted octanol–water partition coefficient (Wildman–Crippen LogP) is 2.58. The number of aryl methyl sites for hydroxylation is 1. The lowest BCUT2D eigenvalue weighted by molar-refractivity contribution is -0.126. The quantitative estimate of drug-likeness (QED) is 0.761. The average Bonchev–Trinajstić information content (AvgIpc) is 3.21. The molecule has 160 valence electrons. The van der Waals surface area contributed by atoms with Gasteiger partial charge in [0.05, 0.1) is 5.75 Å². The van der Waals surface area contributed by atoms with E-state index in [0.29, 0.717) is 44.0 Å². The summed E-state index contributed by atoms with van der Waals surface area (Å²) in [5.41, 5.74) is 2.73. The van der Waals surface area contributed by atoms with Crippen molar-refractivity contribution in [1.29, 1.82) is 0 Å². The summed E-state index contributed by atoms with van der Waals surface area (Å²) in [5, 5.41) is 2.96. The SMILES string of the molecule is Cc1ccccc1CS(=O)(=O)N1CCC(C(=O)NCc2ccc3c(c2)OCO3)CC1. The molecule has 0 bridgehead atoms. The maximum atomic E-state index is 12.8. The standard InChI is InChI=1S/C22H26N2O5S/c1-16-4-2-3-5-19(16)14-30(26,27)24-10-8-18(9-11-24)22(25)23-13-17-6-7-20-21(12-17)29-15-28-20/h2-7,12,18H,8-11,13-15H2,1H3,(H,23,25). The summed E-state index contributed by atoms with van der Waals surface area (Å²) in [6, 6.07) is 13.1. The molecule has 0 aromatic heterocycles. The van der Waals surface area contributed by atoms with Gasteiger partial charge in [-0.3, -0.25) is 4.79 Å². The lowest BCUT2D eigenvalue weighted by atomic mass is 9.97. The number of carbonyl (C=O) groups excluding carboxylic acids is 1. The van der Waals surface area contributed by atoms with E-state index in [4.69, 9.17) is 9.47 Å². The van der Waals surface area contributed by atoms with Crippen molar-refractivity contribution in [2.75, 3.05) is 19.9 Å². The second kappa shape index (κ2) is 8.65. The first-order valence-electron chi connectivity index (χ1n) is 10.1. The molecule has 2 aliphatic rings. The van der Waals surface area contributed by atoms with Crippen LogP contribution in [-0.4, -0.2) is 38.5 Å². The third-order valence-corrected chi connectivity index (χ3v) is 7.55. The number of benzene rings is 2. The number of hydrogen-bond donors (Lipinski definition) is 1. The largest absolute Gasteiger partial charge is 0.454 e. The van der Waals surface area contributed by atoms with Gasteiger partial charge in [0.15, 0.2) is 11.5 Å². The van der Waals surface area contributed by atoms with Gasteiger partial charge in [-0.05, 0) is 48.6 Å². The molecule has 2 aromatic rings. The van der Waals surface area contributed by atoms with Gasteiger partial charge in [0.1, 0.15) is 0 Å². The Bertz CT molecular complexity index is 1030. The highest BCUT2D eigenvalue weighted by atomic mass is 32.2. The molecule has 0 aliphatic carbocycles. The average molecular weight is 431 g/mol. The van der Waals surface area contributed by atoms with E-state index in [0.717, 1.165) is 16.7 Å². The van der Waals surface area contributed by atoms with E-state index in [1.165, 1.54) is 4.31 Å². The van der Waals surface area contributed by atoms with Gasteiger partial charge in [-0.25, -0.2) is 12.7 Å². The fraction of sp³-hybridized carbons (Fsp3) is 0.409. The number of amides is 1. The van der Waals surface area contributed by atoms with Gasteiger partial charge in [0.25, 0.3) is 0 Å². The van der Waals surface area contributed by atoms with Crippen LogP contribution in [0.5, 0.6) is 11.5 Å². The second-order valence-corrected chi connectivity index (χ2v) is 9.73. The van der Waals surface area contributed by atoms with Crippen molar-refractivity contribution < 1.29 is 22.7 Å². The van der Waals surface area contributed by atoms with Crippen LogP contribution in [0.3, 0.4) is 0 Å². The summed E-state index contributed by atoms with van der Waals surface area (Å²) in [6.45, 7) is 3.28. The van der Waals surface area contributed by atoms with E-state index < -0.39 is 10.0 Å². The number of rotatable bonds is 6. The summed E-state index contributed by atoms with van der Waals surface area (Å²) in [7, 11) is -3.39. The topological polar surface area (TPSA) is 84.9 Å². The Morgan fingerprint density at radius 3 is 2.60 bits per heavy atom. The number of fused-ring (bicyclic) bond motifs is 1. The number of nitrogens with one attached hydrogen (secondary N) is 1. The molecule has 0 unspecified atom stereocenters. The van der Waals surface area contributed by atoms with Gasteiger partial charge in [-0.1, -0.05) is 30.3 Å². The van der Waals surface area contributed by atoms with Gasteiger partial charge >= 0.3 is 0 Å². The molecular weight excluding hydrogens is 404 g/mol. The van der Waals surface area contributed by atoms with Crippen molar-refractivity contribution in [2.45, 2.75) is 32.1 Å². The third-order valence-electron chi connectivity index (χ3n) is 5.72. The molecule has 1 N–H and O–H groups in total. The Balaban J connectivity index is 1.28. The van der Waals surface area contributed by atoms with E-state index in [1.807, 2.05) is 49.4 Å². The van der Waals surface area contributed by atoms with Gasteiger partial charge < -0.3 is 14.8 Å². The van der Waals surface area contributed by atoms with Crippen molar-refractivity contribution in [3.05, 3.63) is 59.2 Å². The number of piperidine rings is 1. The first-order valence-corrected chi connectivity index (χ1v) is 11.7. The predicted molar refractivity (Wildman–Crippen MR) is 113 cm³/mol. The van der Waals surface area contributed by atoms with Crippen molar-refractivity contribution in [3.63, 3.8) is 0 Å². The Labute approximate surface area is 177 Å². The van der Waals surface area contributed by atoms with Crippen molar-refractivity contribution >= 4 is 15.9 Å². The van der Waals surface area contributed by atoms with Crippen LogP contribution in [0.15, 0.2) is 42.5 Å². The second-order valence-electron chi connectivity index (χ2n) is 7.76. The molecule has 2 aliphatic heterocycles. The van der Waals surface area contributed by atoms with Crippen LogP contribution in [0.1, 0.15) is 29.5 Å². The van der Waals surface area contributed by atoms with Gasteiger partial charge in [-0.15, -0.1) is 0 Å². The number of carbonyl (C=O) groups is 1. The zero-order valence-corrected chi connectivity index (χ0v) is 17.8. The molecule has 0 saturated carbocycles. The minimum Gasteiger partial charge on any atom is -0.454 e. The van der Waals surface area contributed by atoms with Crippen molar-refractivity contribution in [1.82, 2.24) is 9.62 Å². The maximum Gasteiger partial charge on any atom is 0.231 e. The highest BCUT2D eigenvalue weighted by Gasteiger charge is 2.31. The van der Waals surface area contributed by atoms with E-state index in [9.17, 15) is 13.2 Å². The van der Waals surface area contributed by atoms with Crippen LogP contribution >= 0.6 is 0 Å². The molecular formula is C22H26N2O5S. The molecule has 30 heavy (non-hydrogen) atoms. The highest BCUT2D eigenvalue weighted by Crippen LogP contribution is 2.32. The van der Waals surface area contributed by atoms with Crippen LogP contribution in [0.2, 0.25) is 0 Å². The summed E-state index contributed by atoms with van der Waals surface area (Å²) in [5.74, 6) is 1.19. The number of sulfonamides is 1. The lowest BCUT2D eigenvalue weighted by Gasteiger charge is -2.30. The van der Waals surface area contributed by atoms with E-state index in [-0.39, 0.29) is 24.4 Å². The fourth-order valence-corrected chi connectivity index (χ4v) is 5.51. The first kappa shape index (κ1) is 20.7.